The van der Waals surface area contributed by atoms with Gasteiger partial charge in [0.1, 0.15) is 5.58 Å². The highest BCUT2D eigenvalue weighted by molar-refractivity contribution is 6.09. The Morgan fingerprint density at radius 2 is 1.93 bits per heavy atom. The average Bonchev–Trinajstić information content (AvgIpc) is 3.06. The van der Waals surface area contributed by atoms with Gasteiger partial charge in [0.25, 0.3) is 5.69 Å². The maximum atomic E-state index is 12.6. The third kappa shape index (κ3) is 3.01. The molecule has 0 aliphatic rings. The molecule has 0 atom stereocenters. The molecule has 4 rings (SSSR count). The lowest BCUT2D eigenvalue weighted by molar-refractivity contribution is -0.385. The van der Waals surface area contributed by atoms with Gasteiger partial charge < -0.3 is 9.73 Å². The fraction of sp³-hybridized carbons (Fsp3) is 0.0952. The molecule has 1 amide bonds. The second-order valence-corrected chi connectivity index (χ2v) is 6.35. The number of nitro groups is 1. The van der Waals surface area contributed by atoms with Crippen molar-refractivity contribution in [1.29, 1.82) is 0 Å². The van der Waals surface area contributed by atoms with Crippen LogP contribution in [-0.2, 0) is 11.2 Å². The summed E-state index contributed by atoms with van der Waals surface area (Å²) < 4.78 is 5.61. The Bertz CT molecular complexity index is 1190. The van der Waals surface area contributed by atoms with Gasteiger partial charge in [-0.15, -0.1) is 0 Å². The molecule has 1 aromatic heterocycles. The van der Waals surface area contributed by atoms with Crippen LogP contribution in [0.3, 0.4) is 0 Å². The lowest BCUT2D eigenvalue weighted by Crippen LogP contribution is -2.15. The highest BCUT2D eigenvalue weighted by atomic mass is 16.6. The Labute approximate surface area is 154 Å². The molecular weight excluding hydrogens is 344 g/mol. The van der Waals surface area contributed by atoms with Gasteiger partial charge in [-0.2, -0.15) is 0 Å². The number of amides is 1. The standard InChI is InChI=1S/C21H16N2O4/c1-13-17(7-4-8-18(13)23(25)26)22-20(24)11-15-12-27-19-10-9-14-5-2-3-6-16(14)21(15)19/h2-10,12H,11H2,1H3,(H,22,24). The summed E-state index contributed by atoms with van der Waals surface area (Å²) in [7, 11) is 0. The van der Waals surface area contributed by atoms with Gasteiger partial charge in [0, 0.05) is 17.0 Å². The van der Waals surface area contributed by atoms with Crippen LogP contribution in [0.15, 0.2) is 65.3 Å². The number of nitro benzene ring substituents is 1. The molecule has 0 spiro atoms. The van der Waals surface area contributed by atoms with E-state index < -0.39 is 4.92 Å². The Balaban J connectivity index is 1.65. The summed E-state index contributed by atoms with van der Waals surface area (Å²) in [4.78, 5) is 23.2. The van der Waals surface area contributed by atoms with Crippen LogP contribution in [0.1, 0.15) is 11.1 Å². The summed E-state index contributed by atoms with van der Waals surface area (Å²) >= 11 is 0. The van der Waals surface area contributed by atoms with Crippen molar-refractivity contribution in [3.63, 3.8) is 0 Å². The van der Waals surface area contributed by atoms with Crippen molar-refractivity contribution >= 4 is 39.0 Å². The van der Waals surface area contributed by atoms with Gasteiger partial charge in [-0.25, -0.2) is 0 Å². The van der Waals surface area contributed by atoms with E-state index in [0.29, 0.717) is 11.3 Å². The number of rotatable bonds is 4. The molecule has 0 fully saturated rings. The zero-order chi connectivity index (χ0) is 19.0. The molecule has 0 saturated carbocycles. The first kappa shape index (κ1) is 16.8. The maximum absolute atomic E-state index is 12.6. The van der Waals surface area contributed by atoms with Crippen LogP contribution in [0.5, 0.6) is 0 Å². The first-order valence-corrected chi connectivity index (χ1v) is 8.46. The number of fused-ring (bicyclic) bond motifs is 3. The lowest BCUT2D eigenvalue weighted by atomic mass is 10.0. The smallest absolute Gasteiger partial charge is 0.274 e. The number of hydrogen-bond donors (Lipinski definition) is 1. The average molecular weight is 360 g/mol. The van der Waals surface area contributed by atoms with E-state index in [0.717, 1.165) is 27.3 Å². The van der Waals surface area contributed by atoms with Crippen LogP contribution in [0, 0.1) is 17.0 Å². The molecule has 0 unspecified atom stereocenters. The molecule has 6 heteroatoms. The van der Waals surface area contributed by atoms with Crippen molar-refractivity contribution in [2.24, 2.45) is 0 Å². The van der Waals surface area contributed by atoms with Gasteiger partial charge in [-0.1, -0.05) is 36.4 Å². The van der Waals surface area contributed by atoms with Crippen LogP contribution in [0.2, 0.25) is 0 Å². The minimum Gasteiger partial charge on any atom is -0.464 e. The fourth-order valence-electron chi connectivity index (χ4n) is 3.33. The molecule has 0 bridgehead atoms. The summed E-state index contributed by atoms with van der Waals surface area (Å²) in [6.45, 7) is 1.62. The molecular formula is C21H16N2O4. The Hall–Kier alpha value is -3.67. The number of furan rings is 1. The van der Waals surface area contributed by atoms with Crippen LogP contribution in [-0.4, -0.2) is 10.8 Å². The van der Waals surface area contributed by atoms with E-state index in [1.165, 1.54) is 6.07 Å². The first-order chi connectivity index (χ1) is 13.0. The lowest BCUT2D eigenvalue weighted by Gasteiger charge is -2.08. The zero-order valence-electron chi connectivity index (χ0n) is 14.6. The van der Waals surface area contributed by atoms with Crippen molar-refractivity contribution in [2.75, 3.05) is 5.32 Å². The van der Waals surface area contributed by atoms with Gasteiger partial charge in [0.15, 0.2) is 0 Å². The molecule has 0 aliphatic heterocycles. The number of benzene rings is 3. The van der Waals surface area contributed by atoms with E-state index in [1.54, 1.807) is 25.3 Å². The number of carbonyl (C=O) groups is 1. The molecule has 0 radical (unpaired) electrons. The van der Waals surface area contributed by atoms with E-state index >= 15 is 0 Å². The van der Waals surface area contributed by atoms with Crippen molar-refractivity contribution in [1.82, 2.24) is 0 Å². The number of hydrogen-bond acceptors (Lipinski definition) is 4. The Morgan fingerprint density at radius 1 is 1.11 bits per heavy atom. The number of anilines is 1. The monoisotopic (exact) mass is 360 g/mol. The zero-order valence-corrected chi connectivity index (χ0v) is 14.6. The quantitative estimate of drug-likeness (QED) is 0.411. The summed E-state index contributed by atoms with van der Waals surface area (Å²) in [6, 6.07) is 16.4. The van der Waals surface area contributed by atoms with E-state index in [2.05, 4.69) is 5.32 Å². The SMILES string of the molecule is Cc1c(NC(=O)Cc2coc3ccc4ccccc4c23)cccc1[N+](=O)[O-]. The number of carbonyl (C=O) groups excluding carboxylic acids is 1. The Kier molecular flexibility index (Phi) is 4.08. The molecule has 1 heterocycles. The van der Waals surface area contributed by atoms with Gasteiger partial charge in [0.05, 0.1) is 28.9 Å². The minimum atomic E-state index is -0.458. The van der Waals surface area contributed by atoms with Crippen LogP contribution in [0.25, 0.3) is 21.7 Å². The summed E-state index contributed by atoms with van der Waals surface area (Å²) in [5, 5.41) is 16.9. The number of nitrogens with zero attached hydrogens (tertiary/aromatic N) is 1. The molecule has 4 aromatic rings. The van der Waals surface area contributed by atoms with Crippen LogP contribution < -0.4 is 5.32 Å². The predicted octanol–water partition coefficient (Wildman–Crippen LogP) is 4.98. The van der Waals surface area contributed by atoms with Crippen molar-refractivity contribution in [2.45, 2.75) is 13.3 Å². The van der Waals surface area contributed by atoms with Crippen molar-refractivity contribution in [3.8, 4) is 0 Å². The van der Waals surface area contributed by atoms with Crippen molar-refractivity contribution < 1.29 is 14.1 Å². The third-order valence-electron chi connectivity index (χ3n) is 4.67. The molecule has 3 aromatic carbocycles. The molecule has 6 nitrogen and oxygen atoms in total. The second kappa shape index (κ2) is 6.57. The molecule has 27 heavy (non-hydrogen) atoms. The van der Waals surface area contributed by atoms with Crippen LogP contribution in [0.4, 0.5) is 11.4 Å². The predicted molar refractivity (Wildman–Crippen MR) is 104 cm³/mol. The second-order valence-electron chi connectivity index (χ2n) is 6.35. The van der Waals surface area contributed by atoms with Crippen molar-refractivity contribution in [3.05, 3.63) is 82.1 Å². The van der Waals surface area contributed by atoms with E-state index in [4.69, 9.17) is 4.42 Å². The molecule has 0 aliphatic carbocycles. The van der Waals surface area contributed by atoms with Gasteiger partial charge >= 0.3 is 0 Å². The van der Waals surface area contributed by atoms with E-state index in [9.17, 15) is 14.9 Å². The van der Waals surface area contributed by atoms with Gasteiger partial charge in [-0.3, -0.25) is 14.9 Å². The third-order valence-corrected chi connectivity index (χ3v) is 4.67. The van der Waals surface area contributed by atoms with Gasteiger partial charge in [0.2, 0.25) is 5.91 Å². The van der Waals surface area contributed by atoms with E-state index in [-0.39, 0.29) is 18.0 Å². The van der Waals surface area contributed by atoms with Crippen LogP contribution >= 0.6 is 0 Å². The number of nitrogens with one attached hydrogen (secondary N) is 1. The summed E-state index contributed by atoms with van der Waals surface area (Å²) in [5.74, 6) is -0.255. The molecule has 0 saturated heterocycles. The summed E-state index contributed by atoms with van der Waals surface area (Å²) in [5.41, 5.74) is 2.35. The fourth-order valence-corrected chi connectivity index (χ4v) is 3.33. The maximum Gasteiger partial charge on any atom is 0.274 e. The highest BCUT2D eigenvalue weighted by Crippen LogP contribution is 2.30. The normalized spacial score (nSPS) is 11.0. The highest BCUT2D eigenvalue weighted by Gasteiger charge is 2.17. The molecule has 1 N–H and O–H groups in total. The molecule has 134 valence electrons. The topological polar surface area (TPSA) is 85.4 Å². The van der Waals surface area contributed by atoms with E-state index in [1.807, 2.05) is 36.4 Å². The first-order valence-electron chi connectivity index (χ1n) is 8.46. The largest absolute Gasteiger partial charge is 0.464 e. The van der Waals surface area contributed by atoms with Gasteiger partial charge in [-0.05, 0) is 29.8 Å². The summed E-state index contributed by atoms with van der Waals surface area (Å²) in [6.07, 6.45) is 1.71. The Morgan fingerprint density at radius 3 is 2.74 bits per heavy atom. The minimum absolute atomic E-state index is 0.0208.